The number of nitrogens with one attached hydrogen (secondary N) is 1. The van der Waals surface area contributed by atoms with Crippen LogP contribution < -0.4 is 5.32 Å². The molecule has 1 aromatic rings. The molecule has 17 heavy (non-hydrogen) atoms. The quantitative estimate of drug-likeness (QED) is 0.867. The molecular weight excluding hydrogens is 232 g/mol. The van der Waals surface area contributed by atoms with Crippen molar-refractivity contribution in [2.45, 2.75) is 32.4 Å². The Labute approximate surface area is 109 Å². The highest BCUT2D eigenvalue weighted by Gasteiger charge is 2.28. The lowest BCUT2D eigenvalue weighted by atomic mass is 10.0. The minimum absolute atomic E-state index is 0.445. The second kappa shape index (κ2) is 5.85. The van der Waals surface area contributed by atoms with Crippen molar-refractivity contribution in [2.24, 2.45) is 0 Å². The maximum atomic E-state index is 6.07. The summed E-state index contributed by atoms with van der Waals surface area (Å²) >= 11 is 6.07. The predicted molar refractivity (Wildman–Crippen MR) is 73.5 cm³/mol. The Kier molecular flexibility index (Phi) is 4.43. The molecule has 0 spiro atoms. The molecule has 1 N–H and O–H groups in total. The molecular formula is C14H21ClN2. The van der Waals surface area contributed by atoms with Crippen LogP contribution in [0.2, 0.25) is 5.02 Å². The molecule has 0 radical (unpaired) electrons. The molecule has 1 saturated heterocycles. The van der Waals surface area contributed by atoms with Crippen LogP contribution in [0.15, 0.2) is 24.3 Å². The summed E-state index contributed by atoms with van der Waals surface area (Å²) in [5.41, 5.74) is 1.32. The van der Waals surface area contributed by atoms with Gasteiger partial charge in [0.2, 0.25) is 0 Å². The van der Waals surface area contributed by atoms with Crippen molar-refractivity contribution in [3.63, 3.8) is 0 Å². The number of benzene rings is 1. The summed E-state index contributed by atoms with van der Waals surface area (Å²) in [4.78, 5) is 2.59. The highest BCUT2D eigenvalue weighted by Crippen LogP contribution is 2.26. The van der Waals surface area contributed by atoms with Crippen molar-refractivity contribution in [1.29, 1.82) is 0 Å². The van der Waals surface area contributed by atoms with Crippen LogP contribution in [0.1, 0.15) is 31.9 Å². The first-order valence-electron chi connectivity index (χ1n) is 6.44. The Bertz CT molecular complexity index is 363. The lowest BCUT2D eigenvalue weighted by Gasteiger charge is -2.42. The van der Waals surface area contributed by atoms with Gasteiger partial charge in [0.25, 0.3) is 0 Å². The summed E-state index contributed by atoms with van der Waals surface area (Å²) in [5.74, 6) is 0. The zero-order valence-corrected chi connectivity index (χ0v) is 11.4. The van der Waals surface area contributed by atoms with Crippen LogP contribution in [0, 0.1) is 0 Å². The Morgan fingerprint density at radius 3 is 2.76 bits per heavy atom. The van der Waals surface area contributed by atoms with Crippen molar-refractivity contribution < 1.29 is 0 Å². The van der Waals surface area contributed by atoms with Crippen LogP contribution in [-0.2, 0) is 0 Å². The normalized spacial score (nSPS) is 18.1. The summed E-state index contributed by atoms with van der Waals surface area (Å²) < 4.78 is 0. The van der Waals surface area contributed by atoms with E-state index >= 15 is 0 Å². The van der Waals surface area contributed by atoms with Crippen LogP contribution in [0.25, 0.3) is 0 Å². The van der Waals surface area contributed by atoms with E-state index in [0.29, 0.717) is 12.1 Å². The lowest BCUT2D eigenvalue weighted by molar-refractivity contribution is 0.103. The van der Waals surface area contributed by atoms with Gasteiger partial charge in [-0.2, -0.15) is 0 Å². The second-order valence-corrected chi connectivity index (χ2v) is 5.22. The van der Waals surface area contributed by atoms with E-state index in [4.69, 9.17) is 11.6 Å². The van der Waals surface area contributed by atoms with Crippen LogP contribution in [0.5, 0.6) is 0 Å². The number of rotatable bonds is 5. The first kappa shape index (κ1) is 12.9. The standard InChI is InChI=1S/C14H21ClN2/c1-3-7-17(14-9-16-10-14)11(2)12-5-4-6-13(15)8-12/h4-6,8,11,14,16H,3,7,9-10H2,1-2H3. The number of halogens is 1. The summed E-state index contributed by atoms with van der Waals surface area (Å²) in [6, 6.07) is 9.36. The molecule has 1 heterocycles. The number of nitrogens with zero attached hydrogens (tertiary/aromatic N) is 1. The smallest absolute Gasteiger partial charge is 0.0409 e. The first-order chi connectivity index (χ1) is 8.22. The molecule has 2 rings (SSSR count). The van der Waals surface area contributed by atoms with E-state index in [9.17, 15) is 0 Å². The van der Waals surface area contributed by atoms with Crippen LogP contribution in [0.3, 0.4) is 0 Å². The maximum absolute atomic E-state index is 6.07. The zero-order chi connectivity index (χ0) is 12.3. The average molecular weight is 253 g/mol. The zero-order valence-electron chi connectivity index (χ0n) is 10.6. The number of hydrogen-bond donors (Lipinski definition) is 1. The fraction of sp³-hybridized carbons (Fsp3) is 0.571. The molecule has 3 heteroatoms. The van der Waals surface area contributed by atoms with E-state index in [2.05, 4.69) is 36.2 Å². The fourth-order valence-electron chi connectivity index (χ4n) is 2.42. The Morgan fingerprint density at radius 1 is 1.47 bits per heavy atom. The monoisotopic (exact) mass is 252 g/mol. The first-order valence-corrected chi connectivity index (χ1v) is 6.82. The third-order valence-corrected chi connectivity index (χ3v) is 3.77. The molecule has 1 atom stereocenters. The summed E-state index contributed by atoms with van der Waals surface area (Å²) in [5, 5.41) is 4.18. The summed E-state index contributed by atoms with van der Waals surface area (Å²) in [7, 11) is 0. The number of hydrogen-bond acceptors (Lipinski definition) is 2. The van der Waals surface area contributed by atoms with Gasteiger partial charge in [-0.15, -0.1) is 0 Å². The van der Waals surface area contributed by atoms with Crippen molar-refractivity contribution in [3.8, 4) is 0 Å². The molecule has 0 amide bonds. The molecule has 0 aromatic heterocycles. The highest BCUT2D eigenvalue weighted by atomic mass is 35.5. The van der Waals surface area contributed by atoms with E-state index in [1.54, 1.807) is 0 Å². The lowest BCUT2D eigenvalue weighted by Crippen LogP contribution is -2.57. The molecule has 0 saturated carbocycles. The van der Waals surface area contributed by atoms with Crippen LogP contribution in [-0.4, -0.2) is 30.6 Å². The van der Waals surface area contributed by atoms with Crippen LogP contribution >= 0.6 is 11.6 Å². The van der Waals surface area contributed by atoms with Crippen LogP contribution in [0.4, 0.5) is 0 Å². The van der Waals surface area contributed by atoms with Gasteiger partial charge >= 0.3 is 0 Å². The molecule has 1 aliphatic heterocycles. The summed E-state index contributed by atoms with van der Waals surface area (Å²) in [6.45, 7) is 7.90. The molecule has 1 aromatic carbocycles. The van der Waals surface area contributed by atoms with Gasteiger partial charge in [0.05, 0.1) is 0 Å². The minimum Gasteiger partial charge on any atom is -0.314 e. The molecule has 1 unspecified atom stereocenters. The van der Waals surface area contributed by atoms with Gasteiger partial charge in [-0.3, -0.25) is 4.90 Å². The molecule has 0 aliphatic carbocycles. The van der Waals surface area contributed by atoms with Gasteiger partial charge in [-0.1, -0.05) is 30.7 Å². The second-order valence-electron chi connectivity index (χ2n) is 4.78. The third kappa shape index (κ3) is 3.01. The minimum atomic E-state index is 0.445. The highest BCUT2D eigenvalue weighted by molar-refractivity contribution is 6.30. The Hall–Kier alpha value is -0.570. The van der Waals surface area contributed by atoms with Crippen molar-refractivity contribution in [1.82, 2.24) is 10.2 Å². The SMILES string of the molecule is CCCN(C1CNC1)C(C)c1cccc(Cl)c1. The average Bonchev–Trinajstić information content (AvgIpc) is 2.25. The molecule has 0 bridgehead atoms. The molecule has 1 aliphatic rings. The molecule has 2 nitrogen and oxygen atoms in total. The fourth-order valence-corrected chi connectivity index (χ4v) is 2.62. The van der Waals surface area contributed by atoms with Gasteiger partial charge in [-0.05, 0) is 37.6 Å². The van der Waals surface area contributed by atoms with E-state index in [-0.39, 0.29) is 0 Å². The van der Waals surface area contributed by atoms with Crippen molar-refractivity contribution >= 4 is 11.6 Å². The van der Waals surface area contributed by atoms with Gasteiger partial charge in [-0.25, -0.2) is 0 Å². The van der Waals surface area contributed by atoms with E-state index in [0.717, 1.165) is 24.7 Å². The van der Waals surface area contributed by atoms with Gasteiger partial charge in [0.1, 0.15) is 0 Å². The molecule has 1 fully saturated rings. The topological polar surface area (TPSA) is 15.3 Å². The largest absolute Gasteiger partial charge is 0.314 e. The van der Waals surface area contributed by atoms with E-state index < -0.39 is 0 Å². The maximum Gasteiger partial charge on any atom is 0.0409 e. The van der Waals surface area contributed by atoms with Gasteiger partial charge in [0.15, 0.2) is 0 Å². The van der Waals surface area contributed by atoms with E-state index in [1.807, 2.05) is 12.1 Å². The Balaban J connectivity index is 2.11. The van der Waals surface area contributed by atoms with Gasteiger partial charge < -0.3 is 5.32 Å². The molecule has 94 valence electrons. The van der Waals surface area contributed by atoms with E-state index in [1.165, 1.54) is 12.0 Å². The van der Waals surface area contributed by atoms with Crippen molar-refractivity contribution in [3.05, 3.63) is 34.9 Å². The van der Waals surface area contributed by atoms with Gasteiger partial charge in [0, 0.05) is 30.2 Å². The third-order valence-electron chi connectivity index (χ3n) is 3.54. The Morgan fingerprint density at radius 2 is 2.24 bits per heavy atom. The van der Waals surface area contributed by atoms with Crippen molar-refractivity contribution in [2.75, 3.05) is 19.6 Å². The summed E-state index contributed by atoms with van der Waals surface area (Å²) in [6.07, 6.45) is 1.20. The predicted octanol–water partition coefficient (Wildman–Crippen LogP) is 3.08.